The number of hydrogen-bond acceptors (Lipinski definition) is 3. The highest BCUT2D eigenvalue weighted by atomic mass is 32.1. The molecule has 0 radical (unpaired) electrons. The van der Waals surface area contributed by atoms with E-state index in [1.54, 1.807) is 18.3 Å². The third kappa shape index (κ3) is 2.10. The molecular weight excluding hydrogens is 220 g/mol. The van der Waals surface area contributed by atoms with Gasteiger partial charge in [-0.15, -0.1) is 11.3 Å². The maximum absolute atomic E-state index is 11.9. The number of fused-ring (bicyclic) bond motifs is 1. The molecule has 2 rings (SSSR count). The monoisotopic (exact) mass is 234 g/mol. The van der Waals surface area contributed by atoms with Crippen LogP contribution in [0, 0.1) is 11.3 Å². The van der Waals surface area contributed by atoms with Gasteiger partial charge in [-0.05, 0) is 38.2 Å². The molecule has 0 saturated carbocycles. The van der Waals surface area contributed by atoms with E-state index in [0.29, 0.717) is 0 Å². The second-order valence-electron chi connectivity index (χ2n) is 4.08. The molecule has 16 heavy (non-hydrogen) atoms. The Kier molecular flexibility index (Phi) is 3.25. The van der Waals surface area contributed by atoms with Crippen molar-refractivity contribution in [1.82, 2.24) is 5.32 Å². The van der Waals surface area contributed by atoms with Crippen molar-refractivity contribution in [1.29, 1.82) is 5.26 Å². The van der Waals surface area contributed by atoms with Gasteiger partial charge in [0.1, 0.15) is 6.04 Å². The first-order chi connectivity index (χ1) is 7.72. The highest BCUT2D eigenvalue weighted by Gasteiger charge is 2.20. The van der Waals surface area contributed by atoms with Gasteiger partial charge in [-0.3, -0.25) is 4.79 Å². The van der Waals surface area contributed by atoms with Crippen LogP contribution in [-0.4, -0.2) is 11.9 Å². The van der Waals surface area contributed by atoms with E-state index in [1.165, 1.54) is 16.9 Å². The lowest BCUT2D eigenvalue weighted by molar-refractivity contribution is 0.0947. The van der Waals surface area contributed by atoms with Gasteiger partial charge < -0.3 is 5.32 Å². The Morgan fingerprint density at radius 2 is 2.31 bits per heavy atom. The Labute approximate surface area is 99.1 Å². The van der Waals surface area contributed by atoms with E-state index < -0.39 is 6.04 Å². The van der Waals surface area contributed by atoms with Gasteiger partial charge in [0, 0.05) is 10.3 Å². The fourth-order valence-electron chi connectivity index (χ4n) is 1.99. The maximum Gasteiger partial charge on any atom is 0.253 e. The normalized spacial score (nSPS) is 16.0. The van der Waals surface area contributed by atoms with Crippen molar-refractivity contribution < 1.29 is 4.79 Å². The minimum Gasteiger partial charge on any atom is -0.337 e. The summed E-state index contributed by atoms with van der Waals surface area (Å²) in [5, 5.41) is 13.3. The number of carbonyl (C=O) groups is 1. The fourth-order valence-corrected chi connectivity index (χ4v) is 3.12. The van der Waals surface area contributed by atoms with Gasteiger partial charge >= 0.3 is 0 Å². The fraction of sp³-hybridized carbons (Fsp3) is 0.500. The number of nitriles is 1. The second-order valence-corrected chi connectivity index (χ2v) is 5.05. The minimum absolute atomic E-state index is 0.103. The predicted octanol–water partition coefficient (Wildman–Crippen LogP) is 2.27. The Morgan fingerprint density at radius 3 is 3.06 bits per heavy atom. The molecule has 1 heterocycles. The molecule has 0 fully saturated rings. The molecule has 3 nitrogen and oxygen atoms in total. The molecule has 1 aromatic rings. The minimum atomic E-state index is -0.424. The Hall–Kier alpha value is -1.34. The molecule has 4 heteroatoms. The molecule has 0 saturated heterocycles. The van der Waals surface area contributed by atoms with Crippen molar-refractivity contribution in [2.75, 3.05) is 0 Å². The summed E-state index contributed by atoms with van der Waals surface area (Å²) in [5.74, 6) is -0.103. The van der Waals surface area contributed by atoms with Crippen LogP contribution in [0.25, 0.3) is 0 Å². The lowest BCUT2D eigenvalue weighted by atomic mass is 9.95. The van der Waals surface area contributed by atoms with Crippen LogP contribution in [0.2, 0.25) is 0 Å². The molecule has 0 spiro atoms. The number of amides is 1. The number of aryl methyl sites for hydroxylation is 1. The van der Waals surface area contributed by atoms with Crippen LogP contribution >= 0.6 is 11.3 Å². The molecule has 1 atom stereocenters. The van der Waals surface area contributed by atoms with Crippen molar-refractivity contribution in [3.05, 3.63) is 21.4 Å². The first kappa shape index (κ1) is 11.2. The summed E-state index contributed by atoms with van der Waals surface area (Å²) in [6, 6.07) is 1.58. The van der Waals surface area contributed by atoms with Crippen LogP contribution in [0.1, 0.15) is 40.6 Å². The van der Waals surface area contributed by atoms with Crippen LogP contribution in [0.5, 0.6) is 0 Å². The molecule has 1 amide bonds. The molecule has 1 aliphatic rings. The van der Waals surface area contributed by atoms with E-state index >= 15 is 0 Å². The largest absolute Gasteiger partial charge is 0.337 e. The van der Waals surface area contributed by atoms with E-state index in [9.17, 15) is 4.79 Å². The number of thiophene rings is 1. The van der Waals surface area contributed by atoms with Crippen LogP contribution in [0.15, 0.2) is 5.38 Å². The highest BCUT2D eigenvalue weighted by molar-refractivity contribution is 7.10. The van der Waals surface area contributed by atoms with Gasteiger partial charge in [-0.25, -0.2) is 0 Å². The maximum atomic E-state index is 11.9. The van der Waals surface area contributed by atoms with Gasteiger partial charge in [0.2, 0.25) is 0 Å². The summed E-state index contributed by atoms with van der Waals surface area (Å²) in [4.78, 5) is 13.2. The summed E-state index contributed by atoms with van der Waals surface area (Å²) < 4.78 is 0. The molecule has 1 aliphatic carbocycles. The molecule has 1 unspecified atom stereocenters. The average Bonchev–Trinajstić information content (AvgIpc) is 2.72. The zero-order valence-corrected chi connectivity index (χ0v) is 10.1. The number of rotatable bonds is 2. The van der Waals surface area contributed by atoms with E-state index in [2.05, 4.69) is 5.32 Å². The number of nitrogens with one attached hydrogen (secondary N) is 1. The Bertz CT molecular complexity index is 444. The molecule has 1 aromatic heterocycles. The van der Waals surface area contributed by atoms with Crippen molar-refractivity contribution in [3.8, 4) is 6.07 Å². The Morgan fingerprint density at radius 1 is 1.56 bits per heavy atom. The summed E-state index contributed by atoms with van der Waals surface area (Å²) in [6.45, 7) is 1.69. The van der Waals surface area contributed by atoms with Gasteiger partial charge in [-0.2, -0.15) is 5.26 Å². The van der Waals surface area contributed by atoms with E-state index in [-0.39, 0.29) is 5.91 Å². The SMILES string of the molecule is CC(C#N)NC(=O)c1csc2c1CCCC2. The van der Waals surface area contributed by atoms with Gasteiger partial charge in [-0.1, -0.05) is 0 Å². The highest BCUT2D eigenvalue weighted by Crippen LogP contribution is 2.30. The second kappa shape index (κ2) is 4.67. The zero-order chi connectivity index (χ0) is 11.5. The molecular formula is C12H14N2OS. The van der Waals surface area contributed by atoms with Crippen molar-refractivity contribution in [3.63, 3.8) is 0 Å². The summed E-state index contributed by atoms with van der Waals surface area (Å²) in [7, 11) is 0. The summed E-state index contributed by atoms with van der Waals surface area (Å²) in [5.41, 5.74) is 1.99. The van der Waals surface area contributed by atoms with Crippen molar-refractivity contribution >= 4 is 17.2 Å². The number of carbonyl (C=O) groups excluding carboxylic acids is 1. The van der Waals surface area contributed by atoms with Crippen LogP contribution < -0.4 is 5.32 Å². The molecule has 84 valence electrons. The lowest BCUT2D eigenvalue weighted by Crippen LogP contribution is -2.31. The quantitative estimate of drug-likeness (QED) is 0.853. The number of nitrogens with zero attached hydrogens (tertiary/aromatic N) is 1. The third-order valence-electron chi connectivity index (χ3n) is 2.85. The van der Waals surface area contributed by atoms with E-state index in [0.717, 1.165) is 24.8 Å². The molecule has 1 N–H and O–H groups in total. The molecule has 0 aliphatic heterocycles. The van der Waals surface area contributed by atoms with Crippen LogP contribution in [0.4, 0.5) is 0 Å². The van der Waals surface area contributed by atoms with Gasteiger partial charge in [0.25, 0.3) is 5.91 Å². The Balaban J connectivity index is 2.18. The van der Waals surface area contributed by atoms with E-state index in [4.69, 9.17) is 5.26 Å². The third-order valence-corrected chi connectivity index (χ3v) is 3.94. The summed E-state index contributed by atoms with van der Waals surface area (Å²) >= 11 is 1.67. The van der Waals surface area contributed by atoms with Crippen LogP contribution in [-0.2, 0) is 12.8 Å². The summed E-state index contributed by atoms with van der Waals surface area (Å²) in [6.07, 6.45) is 4.49. The number of hydrogen-bond donors (Lipinski definition) is 1. The average molecular weight is 234 g/mol. The van der Waals surface area contributed by atoms with Crippen molar-refractivity contribution in [2.24, 2.45) is 0 Å². The van der Waals surface area contributed by atoms with Gasteiger partial charge in [0.15, 0.2) is 0 Å². The molecule has 0 aromatic carbocycles. The standard InChI is InChI=1S/C12H14N2OS/c1-8(6-13)14-12(15)10-7-16-11-5-3-2-4-9(10)11/h7-8H,2-5H2,1H3,(H,14,15). The van der Waals surface area contributed by atoms with Crippen molar-refractivity contribution in [2.45, 2.75) is 38.6 Å². The van der Waals surface area contributed by atoms with Gasteiger partial charge in [0.05, 0.1) is 11.6 Å². The topological polar surface area (TPSA) is 52.9 Å². The zero-order valence-electron chi connectivity index (χ0n) is 9.25. The predicted molar refractivity (Wildman–Crippen MR) is 63.5 cm³/mol. The smallest absolute Gasteiger partial charge is 0.253 e. The van der Waals surface area contributed by atoms with Crippen LogP contribution in [0.3, 0.4) is 0 Å². The lowest BCUT2D eigenvalue weighted by Gasteiger charge is -2.13. The van der Waals surface area contributed by atoms with E-state index in [1.807, 2.05) is 11.4 Å². The first-order valence-corrected chi connectivity index (χ1v) is 6.40. The first-order valence-electron chi connectivity index (χ1n) is 5.52. The molecule has 0 bridgehead atoms.